The predicted octanol–water partition coefficient (Wildman–Crippen LogP) is 6.43. The maximum atomic E-state index is 5.89. The molecule has 3 aromatic rings. The zero-order valence-corrected chi connectivity index (χ0v) is 16.1. The summed E-state index contributed by atoms with van der Waals surface area (Å²) in [5.74, 6) is 0.890. The van der Waals surface area contributed by atoms with Crippen molar-refractivity contribution in [3.8, 4) is 22.3 Å². The van der Waals surface area contributed by atoms with Crippen molar-refractivity contribution < 1.29 is 0 Å². The zero-order valence-electron chi connectivity index (χ0n) is 16.1. The van der Waals surface area contributed by atoms with Crippen molar-refractivity contribution in [2.24, 2.45) is 0 Å². The van der Waals surface area contributed by atoms with Crippen LogP contribution < -0.4 is 11.5 Å². The summed E-state index contributed by atoms with van der Waals surface area (Å²) in [6.45, 7) is 9.01. The molecule has 0 radical (unpaired) electrons. The Balaban J connectivity index is 2.27. The van der Waals surface area contributed by atoms with Crippen molar-refractivity contribution in [3.05, 3.63) is 71.8 Å². The first-order chi connectivity index (χ1) is 12.4. The van der Waals surface area contributed by atoms with E-state index in [1.807, 2.05) is 24.3 Å². The molecule has 0 bridgehead atoms. The van der Waals surface area contributed by atoms with Gasteiger partial charge < -0.3 is 11.5 Å². The quantitative estimate of drug-likeness (QED) is 0.536. The number of rotatable bonds is 4. The minimum Gasteiger partial charge on any atom is -0.399 e. The first-order valence-corrected chi connectivity index (χ1v) is 9.26. The summed E-state index contributed by atoms with van der Waals surface area (Å²) in [6, 6.07) is 21.0. The highest BCUT2D eigenvalue weighted by molar-refractivity contribution is 5.79. The summed E-state index contributed by atoms with van der Waals surface area (Å²) >= 11 is 0. The van der Waals surface area contributed by atoms with Crippen LogP contribution in [0.15, 0.2) is 60.7 Å². The molecule has 0 atom stereocenters. The Morgan fingerprint density at radius 1 is 0.538 bits per heavy atom. The molecule has 2 nitrogen and oxygen atoms in total. The van der Waals surface area contributed by atoms with E-state index in [1.165, 1.54) is 33.4 Å². The molecule has 0 aliphatic heterocycles. The van der Waals surface area contributed by atoms with Gasteiger partial charge >= 0.3 is 0 Å². The first kappa shape index (κ1) is 18.1. The molecule has 0 heterocycles. The Kier molecular flexibility index (Phi) is 5.03. The second-order valence-electron chi connectivity index (χ2n) is 7.58. The lowest BCUT2D eigenvalue weighted by Crippen LogP contribution is -2.00. The van der Waals surface area contributed by atoms with E-state index in [0.29, 0.717) is 11.8 Å². The maximum Gasteiger partial charge on any atom is 0.0314 e. The molecule has 0 saturated heterocycles. The highest BCUT2D eigenvalue weighted by Gasteiger charge is 2.17. The topological polar surface area (TPSA) is 52.0 Å². The van der Waals surface area contributed by atoms with E-state index in [0.717, 1.165) is 11.4 Å². The van der Waals surface area contributed by atoms with E-state index >= 15 is 0 Å². The van der Waals surface area contributed by atoms with Crippen LogP contribution in [0.4, 0.5) is 11.4 Å². The summed E-state index contributed by atoms with van der Waals surface area (Å²) in [5, 5.41) is 0. The number of benzene rings is 3. The molecule has 0 saturated carbocycles. The third-order valence-electron chi connectivity index (χ3n) is 4.91. The summed E-state index contributed by atoms with van der Waals surface area (Å²) in [5.41, 5.74) is 21.1. The van der Waals surface area contributed by atoms with E-state index in [-0.39, 0.29) is 0 Å². The molecule has 4 N–H and O–H groups in total. The van der Waals surface area contributed by atoms with Crippen molar-refractivity contribution in [1.82, 2.24) is 0 Å². The van der Waals surface area contributed by atoms with E-state index < -0.39 is 0 Å². The van der Waals surface area contributed by atoms with Gasteiger partial charge in [-0.2, -0.15) is 0 Å². The third kappa shape index (κ3) is 3.60. The predicted molar refractivity (Wildman–Crippen MR) is 114 cm³/mol. The van der Waals surface area contributed by atoms with Gasteiger partial charge in [0, 0.05) is 11.4 Å². The van der Waals surface area contributed by atoms with E-state index in [4.69, 9.17) is 11.5 Å². The highest BCUT2D eigenvalue weighted by Crippen LogP contribution is 2.39. The van der Waals surface area contributed by atoms with Crippen molar-refractivity contribution in [2.75, 3.05) is 11.5 Å². The zero-order chi connectivity index (χ0) is 18.8. The second kappa shape index (κ2) is 7.25. The standard InChI is InChI=1S/C24H28N2/c1-15(2)21-13-22(16(3)4)24(18-7-11-20(26)12-8-18)14-23(21)17-5-9-19(25)10-6-17/h5-16H,25-26H2,1-4H3. The van der Waals surface area contributed by atoms with Gasteiger partial charge in [0.2, 0.25) is 0 Å². The normalized spacial score (nSPS) is 11.3. The summed E-state index contributed by atoms with van der Waals surface area (Å²) in [6.07, 6.45) is 0. The summed E-state index contributed by atoms with van der Waals surface area (Å²) in [7, 11) is 0. The molecular formula is C24H28N2. The molecule has 0 spiro atoms. The number of hydrogen-bond acceptors (Lipinski definition) is 2. The fraction of sp³-hybridized carbons (Fsp3) is 0.250. The summed E-state index contributed by atoms with van der Waals surface area (Å²) in [4.78, 5) is 0. The van der Waals surface area contributed by atoms with Gasteiger partial charge in [0.25, 0.3) is 0 Å². The number of anilines is 2. The average molecular weight is 345 g/mol. The van der Waals surface area contributed by atoms with Crippen LogP contribution in [0.1, 0.15) is 50.7 Å². The molecule has 3 rings (SSSR count). The van der Waals surface area contributed by atoms with Crippen LogP contribution in [-0.2, 0) is 0 Å². The third-order valence-corrected chi connectivity index (χ3v) is 4.91. The van der Waals surface area contributed by atoms with Gasteiger partial charge in [-0.3, -0.25) is 0 Å². The Morgan fingerprint density at radius 3 is 1.19 bits per heavy atom. The smallest absolute Gasteiger partial charge is 0.0314 e. The van der Waals surface area contributed by atoms with Gasteiger partial charge in [0.15, 0.2) is 0 Å². The fourth-order valence-electron chi connectivity index (χ4n) is 3.41. The van der Waals surface area contributed by atoms with Crippen LogP contribution in [-0.4, -0.2) is 0 Å². The largest absolute Gasteiger partial charge is 0.399 e. The van der Waals surface area contributed by atoms with Gasteiger partial charge in [-0.1, -0.05) is 58.0 Å². The van der Waals surface area contributed by atoms with Crippen LogP contribution in [0.3, 0.4) is 0 Å². The minimum absolute atomic E-state index is 0.445. The van der Waals surface area contributed by atoms with Crippen LogP contribution in [0.2, 0.25) is 0 Å². The Morgan fingerprint density at radius 2 is 0.885 bits per heavy atom. The molecule has 0 aliphatic carbocycles. The highest BCUT2D eigenvalue weighted by atomic mass is 14.5. The van der Waals surface area contributed by atoms with Crippen LogP contribution in [0.5, 0.6) is 0 Å². The molecule has 3 aromatic carbocycles. The van der Waals surface area contributed by atoms with E-state index in [9.17, 15) is 0 Å². The second-order valence-corrected chi connectivity index (χ2v) is 7.58. The van der Waals surface area contributed by atoms with Crippen LogP contribution in [0, 0.1) is 0 Å². The van der Waals surface area contributed by atoms with Gasteiger partial charge in [-0.25, -0.2) is 0 Å². The SMILES string of the molecule is CC(C)c1cc(C(C)C)c(-c2ccc(N)cc2)cc1-c1ccc(N)cc1. The van der Waals surface area contributed by atoms with Crippen molar-refractivity contribution >= 4 is 11.4 Å². The average Bonchev–Trinajstić information content (AvgIpc) is 2.62. The molecule has 134 valence electrons. The number of nitrogen functional groups attached to an aromatic ring is 2. The lowest BCUT2D eigenvalue weighted by molar-refractivity contribution is 0.837. The molecule has 0 aromatic heterocycles. The molecule has 0 fully saturated rings. The summed E-state index contributed by atoms with van der Waals surface area (Å²) < 4.78 is 0. The van der Waals surface area contributed by atoms with Gasteiger partial charge in [0.05, 0.1) is 0 Å². The Labute approximate surface area is 156 Å². The molecule has 0 unspecified atom stereocenters. The number of nitrogens with two attached hydrogens (primary N) is 2. The fourth-order valence-corrected chi connectivity index (χ4v) is 3.41. The van der Waals surface area contributed by atoms with Crippen molar-refractivity contribution in [2.45, 2.75) is 39.5 Å². The first-order valence-electron chi connectivity index (χ1n) is 9.26. The monoisotopic (exact) mass is 344 g/mol. The van der Waals surface area contributed by atoms with E-state index in [2.05, 4.69) is 64.1 Å². The molecule has 26 heavy (non-hydrogen) atoms. The van der Waals surface area contributed by atoms with Crippen LogP contribution >= 0.6 is 0 Å². The molecular weight excluding hydrogens is 316 g/mol. The van der Waals surface area contributed by atoms with Crippen molar-refractivity contribution in [1.29, 1.82) is 0 Å². The Bertz CT molecular complexity index is 816. The van der Waals surface area contributed by atoms with Gasteiger partial charge in [-0.15, -0.1) is 0 Å². The molecule has 0 amide bonds. The number of hydrogen-bond donors (Lipinski definition) is 2. The van der Waals surface area contributed by atoms with Crippen LogP contribution in [0.25, 0.3) is 22.3 Å². The van der Waals surface area contributed by atoms with Crippen molar-refractivity contribution in [3.63, 3.8) is 0 Å². The lowest BCUT2D eigenvalue weighted by atomic mass is 9.83. The maximum absolute atomic E-state index is 5.89. The molecule has 0 aliphatic rings. The van der Waals surface area contributed by atoms with E-state index in [1.54, 1.807) is 0 Å². The van der Waals surface area contributed by atoms with Gasteiger partial charge in [0.1, 0.15) is 0 Å². The molecule has 2 heteroatoms. The Hall–Kier alpha value is -2.74. The van der Waals surface area contributed by atoms with Gasteiger partial charge in [-0.05, 0) is 75.5 Å². The lowest BCUT2D eigenvalue weighted by Gasteiger charge is -2.21. The minimum atomic E-state index is 0.445.